The molecule has 2 aliphatic heterocycles. The Morgan fingerprint density at radius 3 is 2.37 bits per heavy atom. The predicted octanol–water partition coefficient (Wildman–Crippen LogP) is 2.73. The molecule has 0 spiro atoms. The average molecular weight is 394 g/mol. The Labute approximate surface area is 164 Å². The summed E-state index contributed by atoms with van der Waals surface area (Å²) in [6.45, 7) is 8.60. The van der Waals surface area contributed by atoms with Gasteiger partial charge in [-0.15, -0.1) is 11.8 Å². The van der Waals surface area contributed by atoms with Crippen LogP contribution in [0.15, 0.2) is 24.3 Å². The Morgan fingerprint density at radius 2 is 1.78 bits per heavy atom. The highest BCUT2D eigenvalue weighted by Crippen LogP contribution is 2.43. The fourth-order valence-corrected chi connectivity index (χ4v) is 5.09. The van der Waals surface area contributed by atoms with Crippen molar-refractivity contribution in [1.82, 2.24) is 14.7 Å². The van der Waals surface area contributed by atoms with Gasteiger partial charge in [0.05, 0.1) is 5.25 Å². The predicted molar refractivity (Wildman–Crippen MR) is 106 cm³/mol. The van der Waals surface area contributed by atoms with Gasteiger partial charge < -0.3 is 9.80 Å². The first-order valence-corrected chi connectivity index (χ1v) is 10.7. The molecule has 0 N–H and O–H groups in total. The van der Waals surface area contributed by atoms with Crippen LogP contribution in [0.2, 0.25) is 0 Å². The van der Waals surface area contributed by atoms with Gasteiger partial charge in [0, 0.05) is 45.7 Å². The number of halogens is 1. The molecule has 27 heavy (non-hydrogen) atoms. The monoisotopic (exact) mass is 393 g/mol. The largest absolute Gasteiger partial charge is 0.340 e. The summed E-state index contributed by atoms with van der Waals surface area (Å²) in [7, 11) is 0. The smallest absolute Gasteiger partial charge is 0.236 e. The molecule has 5 nitrogen and oxygen atoms in total. The van der Waals surface area contributed by atoms with Gasteiger partial charge in [0.25, 0.3) is 0 Å². The molecule has 0 aromatic heterocycles. The minimum atomic E-state index is -0.258. The number of carbonyl (C=O) groups excluding carboxylic acids is 2. The molecule has 2 saturated heterocycles. The van der Waals surface area contributed by atoms with E-state index in [0.717, 1.165) is 44.7 Å². The van der Waals surface area contributed by atoms with Gasteiger partial charge in [-0.3, -0.25) is 14.5 Å². The topological polar surface area (TPSA) is 43.9 Å². The Hall–Kier alpha value is -1.60. The van der Waals surface area contributed by atoms with E-state index in [9.17, 15) is 14.0 Å². The third-order valence-corrected chi connectivity index (χ3v) is 6.99. The van der Waals surface area contributed by atoms with E-state index in [1.54, 1.807) is 23.9 Å². The van der Waals surface area contributed by atoms with E-state index in [2.05, 4.69) is 4.90 Å². The number of carbonyl (C=O) groups is 2. The Morgan fingerprint density at radius 1 is 1.11 bits per heavy atom. The molecule has 0 bridgehead atoms. The van der Waals surface area contributed by atoms with Gasteiger partial charge in [-0.25, -0.2) is 4.39 Å². The summed E-state index contributed by atoms with van der Waals surface area (Å²) in [5.41, 5.74) is 0.976. The minimum absolute atomic E-state index is 0.0286. The van der Waals surface area contributed by atoms with E-state index in [0.29, 0.717) is 13.0 Å². The quantitative estimate of drug-likeness (QED) is 0.745. The van der Waals surface area contributed by atoms with Crippen LogP contribution in [0.25, 0.3) is 0 Å². The first-order valence-electron chi connectivity index (χ1n) is 9.75. The van der Waals surface area contributed by atoms with E-state index in [4.69, 9.17) is 0 Å². The van der Waals surface area contributed by atoms with Crippen LogP contribution in [-0.2, 0) is 9.59 Å². The molecule has 0 saturated carbocycles. The molecule has 2 atom stereocenters. The molecule has 1 aromatic rings. The zero-order valence-electron chi connectivity index (χ0n) is 16.1. The lowest BCUT2D eigenvalue weighted by atomic mass is 10.2. The Bertz CT molecular complexity index is 662. The first kappa shape index (κ1) is 20.1. The third-order valence-electron chi connectivity index (χ3n) is 5.35. The molecule has 0 radical (unpaired) electrons. The molecule has 2 heterocycles. The van der Waals surface area contributed by atoms with Crippen LogP contribution >= 0.6 is 11.8 Å². The normalized spacial score (nSPS) is 23.9. The van der Waals surface area contributed by atoms with Gasteiger partial charge in [0.2, 0.25) is 11.8 Å². The summed E-state index contributed by atoms with van der Waals surface area (Å²) in [5, 5.41) is -0.0786. The molecule has 0 unspecified atom stereocenters. The van der Waals surface area contributed by atoms with Crippen LogP contribution in [0, 0.1) is 5.82 Å². The zero-order chi connectivity index (χ0) is 19.4. The number of hydrogen-bond donors (Lipinski definition) is 0. The Kier molecular flexibility index (Phi) is 6.76. The zero-order valence-corrected chi connectivity index (χ0v) is 16.9. The van der Waals surface area contributed by atoms with Crippen molar-refractivity contribution in [2.45, 2.75) is 37.3 Å². The second-order valence-corrected chi connectivity index (χ2v) is 8.33. The molecule has 2 aliphatic rings. The second-order valence-electron chi connectivity index (χ2n) is 7.04. The van der Waals surface area contributed by atoms with Gasteiger partial charge in [-0.1, -0.05) is 26.0 Å². The van der Waals surface area contributed by atoms with Crippen molar-refractivity contribution in [3.8, 4) is 0 Å². The van der Waals surface area contributed by atoms with Crippen LogP contribution in [-0.4, -0.2) is 71.0 Å². The molecule has 3 rings (SSSR count). The van der Waals surface area contributed by atoms with E-state index in [-0.39, 0.29) is 28.3 Å². The van der Waals surface area contributed by atoms with Crippen molar-refractivity contribution in [1.29, 1.82) is 0 Å². The molecule has 1 aromatic carbocycles. The molecule has 7 heteroatoms. The number of hydrogen-bond acceptors (Lipinski definition) is 4. The van der Waals surface area contributed by atoms with E-state index in [1.807, 2.05) is 23.6 Å². The van der Waals surface area contributed by atoms with Crippen LogP contribution in [0.5, 0.6) is 0 Å². The fourth-order valence-electron chi connectivity index (χ4n) is 3.67. The number of piperazine rings is 1. The summed E-state index contributed by atoms with van der Waals surface area (Å²) >= 11 is 1.66. The highest BCUT2D eigenvalue weighted by atomic mass is 32.2. The first-order chi connectivity index (χ1) is 13.0. The lowest BCUT2D eigenvalue weighted by molar-refractivity contribution is -0.132. The summed E-state index contributed by atoms with van der Waals surface area (Å²) in [6.07, 6.45) is 1.35. The average Bonchev–Trinajstić information content (AvgIpc) is 3.02. The van der Waals surface area contributed by atoms with Crippen LogP contribution < -0.4 is 0 Å². The van der Waals surface area contributed by atoms with E-state index < -0.39 is 0 Å². The maximum absolute atomic E-state index is 13.3. The van der Waals surface area contributed by atoms with Gasteiger partial charge >= 0.3 is 0 Å². The lowest BCUT2D eigenvalue weighted by Gasteiger charge is -2.36. The van der Waals surface area contributed by atoms with Crippen LogP contribution in [0.1, 0.15) is 37.6 Å². The van der Waals surface area contributed by atoms with E-state index >= 15 is 0 Å². The number of rotatable bonds is 6. The number of nitrogens with zero attached hydrogens (tertiary/aromatic N) is 3. The van der Waals surface area contributed by atoms with Gasteiger partial charge in [0.1, 0.15) is 11.2 Å². The van der Waals surface area contributed by atoms with Crippen LogP contribution in [0.4, 0.5) is 4.39 Å². The molecule has 2 amide bonds. The van der Waals surface area contributed by atoms with Crippen molar-refractivity contribution < 1.29 is 14.0 Å². The summed E-state index contributed by atoms with van der Waals surface area (Å²) < 4.78 is 13.3. The molecular formula is C20H28FN3O2S. The SMILES string of the molecule is CCC(=O)N1CCN(CCN2C(=O)[C@H](CC)S[C@@H]2c2ccc(F)cc2)CC1. The standard InChI is InChI=1S/C20H28FN3O2S/c1-3-17-19(26)24(20(27-17)15-5-7-16(21)8-6-15)14-11-22-9-12-23(13-10-22)18(25)4-2/h5-8,17,20H,3-4,9-14H2,1-2H3/t17-,20+/m0/s1. The number of amides is 2. The maximum atomic E-state index is 13.3. The van der Waals surface area contributed by atoms with Crippen molar-refractivity contribution in [3.63, 3.8) is 0 Å². The lowest BCUT2D eigenvalue weighted by Crippen LogP contribution is -2.50. The van der Waals surface area contributed by atoms with Crippen molar-refractivity contribution in [3.05, 3.63) is 35.6 Å². The van der Waals surface area contributed by atoms with Crippen molar-refractivity contribution in [2.75, 3.05) is 39.3 Å². The second kappa shape index (κ2) is 9.06. The molecule has 0 aliphatic carbocycles. The summed E-state index contributed by atoms with van der Waals surface area (Å²) in [4.78, 5) is 30.8. The van der Waals surface area contributed by atoms with Gasteiger partial charge in [0.15, 0.2) is 0 Å². The minimum Gasteiger partial charge on any atom is -0.340 e. The van der Waals surface area contributed by atoms with Gasteiger partial charge in [-0.05, 0) is 24.1 Å². The maximum Gasteiger partial charge on any atom is 0.236 e. The summed E-state index contributed by atoms with van der Waals surface area (Å²) in [5.74, 6) is 0.130. The number of benzene rings is 1. The highest BCUT2D eigenvalue weighted by molar-refractivity contribution is 8.01. The summed E-state index contributed by atoms with van der Waals surface area (Å²) in [6, 6.07) is 6.48. The van der Waals surface area contributed by atoms with Crippen molar-refractivity contribution >= 4 is 23.6 Å². The Balaban J connectivity index is 1.60. The molecular weight excluding hydrogens is 365 g/mol. The molecule has 2 fully saturated rings. The third kappa shape index (κ3) is 4.63. The number of thioether (sulfide) groups is 1. The highest BCUT2D eigenvalue weighted by Gasteiger charge is 2.39. The van der Waals surface area contributed by atoms with Crippen LogP contribution in [0.3, 0.4) is 0 Å². The van der Waals surface area contributed by atoms with Gasteiger partial charge in [-0.2, -0.15) is 0 Å². The van der Waals surface area contributed by atoms with E-state index in [1.165, 1.54) is 12.1 Å². The fraction of sp³-hybridized carbons (Fsp3) is 0.600. The van der Waals surface area contributed by atoms with Crippen molar-refractivity contribution in [2.24, 2.45) is 0 Å². The molecule has 148 valence electrons.